The van der Waals surface area contributed by atoms with Crippen molar-refractivity contribution in [1.82, 2.24) is 5.32 Å². The van der Waals surface area contributed by atoms with Crippen LogP contribution in [-0.2, 0) is 0 Å². The topological polar surface area (TPSA) is 29.1 Å². The minimum absolute atomic E-state index is 0.0176. The van der Waals surface area contributed by atoms with E-state index in [0.717, 1.165) is 0 Å². The van der Waals surface area contributed by atoms with Crippen molar-refractivity contribution in [3.8, 4) is 0 Å². The first kappa shape index (κ1) is 9.64. The monoisotopic (exact) mass is 185 g/mol. The summed E-state index contributed by atoms with van der Waals surface area (Å²) in [4.78, 5) is 11.1. The maximum absolute atomic E-state index is 12.4. The summed E-state index contributed by atoms with van der Waals surface area (Å²) in [5.74, 6) is -0.792. The fourth-order valence-electron chi connectivity index (χ4n) is 0.864. The zero-order valence-electron chi connectivity index (χ0n) is 6.89. The molecule has 1 amide bonds. The van der Waals surface area contributed by atoms with Gasteiger partial charge < -0.3 is 5.32 Å². The van der Waals surface area contributed by atoms with E-state index in [-0.39, 0.29) is 6.54 Å². The average Bonchev–Trinajstić information content (AvgIpc) is 2.15. The lowest BCUT2D eigenvalue weighted by Gasteiger charge is -2.01. The number of nitrogens with one attached hydrogen (secondary N) is 1. The molecule has 1 aromatic rings. The Morgan fingerprint density at radius 3 is 2.46 bits per heavy atom. The van der Waals surface area contributed by atoms with Gasteiger partial charge in [0, 0.05) is 12.1 Å². The van der Waals surface area contributed by atoms with Crippen LogP contribution in [0.5, 0.6) is 0 Å². The van der Waals surface area contributed by atoms with Gasteiger partial charge in [-0.25, -0.2) is 8.78 Å². The lowest BCUT2D eigenvalue weighted by molar-refractivity contribution is 0.0951. The highest BCUT2D eigenvalue weighted by Crippen LogP contribution is 2.01. The third-order valence-corrected chi connectivity index (χ3v) is 1.49. The molecule has 0 spiro atoms. The zero-order valence-corrected chi connectivity index (χ0v) is 6.89. The van der Waals surface area contributed by atoms with Gasteiger partial charge in [0.25, 0.3) is 5.91 Å². The van der Waals surface area contributed by atoms with E-state index >= 15 is 0 Å². The Bertz CT molecular complexity index is 284. The minimum Gasteiger partial charge on any atom is -0.349 e. The molecule has 0 unspecified atom stereocenters. The molecular formula is C9H9F2NO. The van der Waals surface area contributed by atoms with Crippen molar-refractivity contribution in [2.24, 2.45) is 0 Å². The van der Waals surface area contributed by atoms with E-state index in [9.17, 15) is 13.6 Å². The fourth-order valence-corrected chi connectivity index (χ4v) is 0.864. The third-order valence-electron chi connectivity index (χ3n) is 1.49. The van der Waals surface area contributed by atoms with Crippen LogP contribution in [0.15, 0.2) is 24.3 Å². The normalized spacial score (nSPS) is 9.69. The smallest absolute Gasteiger partial charge is 0.251 e. The fraction of sp³-hybridized carbons (Fsp3) is 0.222. The van der Waals surface area contributed by atoms with Crippen LogP contribution < -0.4 is 5.32 Å². The van der Waals surface area contributed by atoms with Crippen molar-refractivity contribution in [2.75, 3.05) is 13.2 Å². The largest absolute Gasteiger partial charge is 0.349 e. The molecule has 13 heavy (non-hydrogen) atoms. The number of carbonyl (C=O) groups excluding carboxylic acids is 1. The van der Waals surface area contributed by atoms with Gasteiger partial charge >= 0.3 is 0 Å². The molecule has 0 aliphatic carbocycles. The highest BCUT2D eigenvalue weighted by atomic mass is 19.1. The lowest BCUT2D eigenvalue weighted by atomic mass is 10.2. The van der Waals surface area contributed by atoms with Crippen LogP contribution in [0.3, 0.4) is 0 Å². The van der Waals surface area contributed by atoms with Gasteiger partial charge in [-0.1, -0.05) is 0 Å². The van der Waals surface area contributed by atoms with Gasteiger partial charge in [-0.2, -0.15) is 0 Å². The van der Waals surface area contributed by atoms with Crippen molar-refractivity contribution < 1.29 is 13.6 Å². The number of hydrogen-bond donors (Lipinski definition) is 1. The summed E-state index contributed by atoms with van der Waals surface area (Å²) >= 11 is 0. The predicted molar refractivity (Wildman–Crippen MR) is 44.7 cm³/mol. The van der Waals surface area contributed by atoms with Crippen molar-refractivity contribution in [1.29, 1.82) is 0 Å². The first-order chi connectivity index (χ1) is 6.24. The number of amides is 1. The van der Waals surface area contributed by atoms with Crippen LogP contribution in [-0.4, -0.2) is 19.1 Å². The molecular weight excluding hydrogens is 176 g/mol. The number of carbonyl (C=O) groups is 1. The third kappa shape index (κ3) is 2.82. The highest BCUT2D eigenvalue weighted by Gasteiger charge is 2.03. The van der Waals surface area contributed by atoms with Crippen molar-refractivity contribution >= 4 is 5.91 Å². The zero-order chi connectivity index (χ0) is 9.68. The number of benzene rings is 1. The Balaban J connectivity index is 2.61. The number of alkyl halides is 1. The molecule has 1 rings (SSSR count). The van der Waals surface area contributed by atoms with Gasteiger partial charge in [0.1, 0.15) is 12.5 Å². The highest BCUT2D eigenvalue weighted by molar-refractivity contribution is 5.94. The Kier molecular flexibility index (Phi) is 3.37. The summed E-state index contributed by atoms with van der Waals surface area (Å²) in [6.45, 7) is -0.622. The molecule has 4 heteroatoms. The van der Waals surface area contributed by atoms with E-state index in [1.165, 1.54) is 24.3 Å². The molecule has 0 saturated heterocycles. The van der Waals surface area contributed by atoms with E-state index in [4.69, 9.17) is 0 Å². The van der Waals surface area contributed by atoms with E-state index in [2.05, 4.69) is 5.32 Å². The molecule has 70 valence electrons. The first-order valence-electron chi connectivity index (χ1n) is 3.84. The molecule has 2 nitrogen and oxygen atoms in total. The SMILES string of the molecule is O=C(NCCF)c1ccc(F)cc1. The molecule has 1 aromatic carbocycles. The van der Waals surface area contributed by atoms with E-state index in [0.29, 0.717) is 5.56 Å². The molecule has 0 fully saturated rings. The van der Waals surface area contributed by atoms with Crippen LogP contribution in [0.2, 0.25) is 0 Å². The maximum Gasteiger partial charge on any atom is 0.251 e. The van der Waals surface area contributed by atoms with Crippen LogP contribution in [0, 0.1) is 5.82 Å². The Labute approximate surface area is 74.6 Å². The molecule has 0 atom stereocenters. The van der Waals surface area contributed by atoms with E-state index in [1.807, 2.05) is 0 Å². The van der Waals surface area contributed by atoms with Crippen molar-refractivity contribution in [3.05, 3.63) is 35.6 Å². The van der Waals surface area contributed by atoms with E-state index in [1.54, 1.807) is 0 Å². The summed E-state index contributed by atoms with van der Waals surface area (Å²) in [6.07, 6.45) is 0. The van der Waals surface area contributed by atoms with Gasteiger partial charge in [0.15, 0.2) is 0 Å². The number of rotatable bonds is 3. The minimum atomic E-state index is -0.604. The van der Waals surface area contributed by atoms with Gasteiger partial charge in [-0.3, -0.25) is 4.79 Å². The first-order valence-corrected chi connectivity index (χ1v) is 3.84. The molecule has 0 bridgehead atoms. The molecule has 0 aliphatic heterocycles. The maximum atomic E-state index is 12.4. The number of halogens is 2. The molecule has 0 aliphatic rings. The second-order valence-corrected chi connectivity index (χ2v) is 2.45. The van der Waals surface area contributed by atoms with Crippen LogP contribution in [0.4, 0.5) is 8.78 Å². The van der Waals surface area contributed by atoms with Gasteiger partial charge in [-0.15, -0.1) is 0 Å². The van der Waals surface area contributed by atoms with Crippen LogP contribution in [0.25, 0.3) is 0 Å². The molecule has 0 heterocycles. The van der Waals surface area contributed by atoms with Gasteiger partial charge in [-0.05, 0) is 24.3 Å². The Hall–Kier alpha value is -1.45. The average molecular weight is 185 g/mol. The summed E-state index contributed by atoms with van der Waals surface area (Å²) in [7, 11) is 0. The Morgan fingerprint density at radius 2 is 1.92 bits per heavy atom. The second-order valence-electron chi connectivity index (χ2n) is 2.45. The molecule has 0 aromatic heterocycles. The molecule has 0 radical (unpaired) electrons. The number of hydrogen-bond acceptors (Lipinski definition) is 1. The van der Waals surface area contributed by atoms with E-state index < -0.39 is 18.4 Å². The quantitative estimate of drug-likeness (QED) is 0.760. The Morgan fingerprint density at radius 1 is 1.31 bits per heavy atom. The van der Waals surface area contributed by atoms with Crippen LogP contribution in [0.1, 0.15) is 10.4 Å². The second kappa shape index (κ2) is 4.54. The summed E-state index contributed by atoms with van der Waals surface area (Å²) in [5, 5.41) is 2.33. The summed E-state index contributed by atoms with van der Waals surface area (Å²) in [5.41, 5.74) is 0.329. The van der Waals surface area contributed by atoms with Crippen molar-refractivity contribution in [2.45, 2.75) is 0 Å². The van der Waals surface area contributed by atoms with Crippen LogP contribution >= 0.6 is 0 Å². The molecule has 1 N–H and O–H groups in total. The van der Waals surface area contributed by atoms with Gasteiger partial charge in [0.05, 0.1) is 0 Å². The van der Waals surface area contributed by atoms with Gasteiger partial charge in [0.2, 0.25) is 0 Å². The van der Waals surface area contributed by atoms with Crippen molar-refractivity contribution in [3.63, 3.8) is 0 Å². The standard InChI is InChI=1S/C9H9F2NO/c10-5-6-12-9(13)7-1-3-8(11)4-2-7/h1-4H,5-6H2,(H,12,13). The predicted octanol–water partition coefficient (Wildman–Crippen LogP) is 1.52. The summed E-state index contributed by atoms with van der Waals surface area (Å²) < 4.78 is 24.1. The lowest BCUT2D eigenvalue weighted by Crippen LogP contribution is -2.25. The summed E-state index contributed by atoms with van der Waals surface area (Å²) in [6, 6.07) is 5.07. The molecule has 0 saturated carbocycles.